The second-order valence-electron chi connectivity index (χ2n) is 6.53. The van der Waals surface area contributed by atoms with Gasteiger partial charge in [0.2, 0.25) is 5.91 Å². The molecule has 0 aliphatic carbocycles. The largest absolute Gasteiger partial charge is 0.352 e. The Labute approximate surface area is 144 Å². The van der Waals surface area contributed by atoms with Crippen molar-refractivity contribution < 1.29 is 9.59 Å². The van der Waals surface area contributed by atoms with Crippen molar-refractivity contribution in [3.8, 4) is 0 Å². The summed E-state index contributed by atoms with van der Waals surface area (Å²) in [6.07, 6.45) is 2.76. The van der Waals surface area contributed by atoms with E-state index in [-0.39, 0.29) is 11.8 Å². The van der Waals surface area contributed by atoms with Gasteiger partial charge in [0.25, 0.3) is 5.91 Å². The molecule has 0 spiro atoms. The molecule has 1 aliphatic heterocycles. The highest BCUT2D eigenvalue weighted by Gasteiger charge is 2.17. The molecule has 0 bridgehead atoms. The summed E-state index contributed by atoms with van der Waals surface area (Å²) in [5.41, 5.74) is 1.63. The Morgan fingerprint density at radius 3 is 2.58 bits per heavy atom. The van der Waals surface area contributed by atoms with Gasteiger partial charge < -0.3 is 20.9 Å². The molecule has 1 heterocycles. The molecule has 0 radical (unpaired) electrons. The van der Waals surface area contributed by atoms with Crippen LogP contribution in [-0.2, 0) is 11.3 Å². The van der Waals surface area contributed by atoms with Gasteiger partial charge in [0.1, 0.15) is 0 Å². The summed E-state index contributed by atoms with van der Waals surface area (Å²) in [6, 6.07) is 7.68. The number of benzene rings is 1. The zero-order valence-corrected chi connectivity index (χ0v) is 14.6. The lowest BCUT2D eigenvalue weighted by Gasteiger charge is -2.11. The van der Waals surface area contributed by atoms with Gasteiger partial charge in [0.15, 0.2) is 0 Å². The lowest BCUT2D eigenvalue weighted by Crippen LogP contribution is -2.32. The Balaban J connectivity index is 1.72. The molecule has 2 rings (SSSR count). The van der Waals surface area contributed by atoms with E-state index in [1.165, 1.54) is 0 Å². The maximum atomic E-state index is 12.0. The highest BCUT2D eigenvalue weighted by Crippen LogP contribution is 2.09. The van der Waals surface area contributed by atoms with Crippen LogP contribution in [0.15, 0.2) is 24.3 Å². The minimum atomic E-state index is -0.0697. The first-order valence-electron chi connectivity index (χ1n) is 8.56. The molecule has 2 amide bonds. The van der Waals surface area contributed by atoms with Crippen molar-refractivity contribution in [3.05, 3.63) is 35.4 Å². The van der Waals surface area contributed by atoms with Crippen LogP contribution in [0.5, 0.6) is 0 Å². The second-order valence-corrected chi connectivity index (χ2v) is 6.53. The summed E-state index contributed by atoms with van der Waals surface area (Å²) < 4.78 is 0. The topological polar surface area (TPSA) is 73.5 Å². The lowest BCUT2D eigenvalue weighted by molar-refractivity contribution is -0.121. The van der Waals surface area contributed by atoms with Gasteiger partial charge in [0.05, 0.1) is 0 Å². The number of nitrogens with zero attached hydrogens (tertiary/aromatic N) is 1. The molecule has 1 fully saturated rings. The van der Waals surface area contributed by atoms with E-state index < -0.39 is 0 Å². The maximum Gasteiger partial charge on any atom is 0.251 e. The standard InChI is InChI=1S/C18H28N4O2/c1-22(2)11-10-20-18(24)15-7-5-14(6-8-15)13-21-17(23)12-16-4-3-9-19-16/h5-8,16,19H,3-4,9-13H2,1-2H3,(H,20,24)(H,21,23). The fourth-order valence-corrected chi connectivity index (χ4v) is 2.70. The first kappa shape index (κ1) is 18.4. The number of hydrogen-bond acceptors (Lipinski definition) is 4. The van der Waals surface area contributed by atoms with Crippen LogP contribution < -0.4 is 16.0 Å². The van der Waals surface area contributed by atoms with E-state index in [9.17, 15) is 9.59 Å². The third-order valence-electron chi connectivity index (χ3n) is 4.14. The Kier molecular flexibility index (Phi) is 7.21. The Bertz CT molecular complexity index is 536. The SMILES string of the molecule is CN(C)CCNC(=O)c1ccc(CNC(=O)CC2CCCN2)cc1. The van der Waals surface area contributed by atoms with Crippen molar-refractivity contribution in [3.63, 3.8) is 0 Å². The number of likely N-dealkylation sites (N-methyl/N-ethyl adjacent to an activating group) is 1. The summed E-state index contributed by atoms with van der Waals surface area (Å²) in [6.45, 7) is 2.94. The van der Waals surface area contributed by atoms with Crippen molar-refractivity contribution in [2.45, 2.75) is 31.8 Å². The van der Waals surface area contributed by atoms with E-state index in [1.807, 2.05) is 31.1 Å². The molecule has 1 aromatic carbocycles. The van der Waals surface area contributed by atoms with Gasteiger partial charge in [-0.25, -0.2) is 0 Å². The smallest absolute Gasteiger partial charge is 0.251 e. The molecule has 1 saturated heterocycles. The van der Waals surface area contributed by atoms with E-state index in [0.29, 0.717) is 31.1 Å². The van der Waals surface area contributed by atoms with Crippen LogP contribution in [0.25, 0.3) is 0 Å². The van der Waals surface area contributed by atoms with Gasteiger partial charge in [-0.3, -0.25) is 9.59 Å². The summed E-state index contributed by atoms with van der Waals surface area (Å²) in [7, 11) is 3.94. The van der Waals surface area contributed by atoms with Crippen LogP contribution >= 0.6 is 0 Å². The van der Waals surface area contributed by atoms with Gasteiger partial charge in [0, 0.05) is 37.7 Å². The van der Waals surface area contributed by atoms with Crippen LogP contribution in [0.1, 0.15) is 35.2 Å². The van der Waals surface area contributed by atoms with Gasteiger partial charge in [-0.05, 0) is 51.2 Å². The van der Waals surface area contributed by atoms with Gasteiger partial charge in [-0.15, -0.1) is 0 Å². The van der Waals surface area contributed by atoms with Crippen molar-refractivity contribution in [1.82, 2.24) is 20.9 Å². The van der Waals surface area contributed by atoms with Crippen LogP contribution in [-0.4, -0.2) is 56.5 Å². The quantitative estimate of drug-likeness (QED) is 0.656. The predicted molar refractivity (Wildman–Crippen MR) is 94.8 cm³/mol. The lowest BCUT2D eigenvalue weighted by atomic mass is 10.1. The van der Waals surface area contributed by atoms with Crippen molar-refractivity contribution in [2.75, 3.05) is 33.7 Å². The van der Waals surface area contributed by atoms with Gasteiger partial charge in [-0.1, -0.05) is 12.1 Å². The normalized spacial score (nSPS) is 17.0. The monoisotopic (exact) mass is 332 g/mol. The van der Waals surface area contributed by atoms with E-state index in [0.717, 1.165) is 31.5 Å². The van der Waals surface area contributed by atoms with Crippen molar-refractivity contribution in [1.29, 1.82) is 0 Å². The van der Waals surface area contributed by atoms with Gasteiger partial charge >= 0.3 is 0 Å². The van der Waals surface area contributed by atoms with E-state index >= 15 is 0 Å². The molecular weight excluding hydrogens is 304 g/mol. The Hall–Kier alpha value is -1.92. The number of nitrogens with one attached hydrogen (secondary N) is 3. The minimum Gasteiger partial charge on any atom is -0.352 e. The molecule has 132 valence electrons. The average molecular weight is 332 g/mol. The fourth-order valence-electron chi connectivity index (χ4n) is 2.70. The van der Waals surface area contributed by atoms with E-state index in [4.69, 9.17) is 0 Å². The molecule has 24 heavy (non-hydrogen) atoms. The van der Waals surface area contributed by atoms with Crippen LogP contribution in [0, 0.1) is 0 Å². The summed E-state index contributed by atoms with van der Waals surface area (Å²) in [5.74, 6) is -0.000326. The molecular formula is C18H28N4O2. The van der Waals surface area contributed by atoms with E-state index in [2.05, 4.69) is 16.0 Å². The highest BCUT2D eigenvalue weighted by molar-refractivity contribution is 5.94. The number of carbonyl (C=O) groups is 2. The predicted octanol–water partition coefficient (Wildman–Crippen LogP) is 0.736. The van der Waals surface area contributed by atoms with Crippen LogP contribution in [0.3, 0.4) is 0 Å². The minimum absolute atomic E-state index is 0.0694. The number of rotatable bonds is 8. The van der Waals surface area contributed by atoms with Crippen molar-refractivity contribution in [2.24, 2.45) is 0 Å². The number of carbonyl (C=O) groups excluding carboxylic acids is 2. The summed E-state index contributed by atoms with van der Waals surface area (Å²) >= 11 is 0. The molecule has 3 N–H and O–H groups in total. The average Bonchev–Trinajstić information content (AvgIpc) is 3.06. The summed E-state index contributed by atoms with van der Waals surface area (Å²) in [5, 5.41) is 9.14. The first-order chi connectivity index (χ1) is 11.5. The van der Waals surface area contributed by atoms with Crippen molar-refractivity contribution >= 4 is 11.8 Å². The van der Waals surface area contributed by atoms with Crippen LogP contribution in [0.4, 0.5) is 0 Å². The highest BCUT2D eigenvalue weighted by atomic mass is 16.2. The van der Waals surface area contributed by atoms with E-state index in [1.54, 1.807) is 12.1 Å². The molecule has 1 aliphatic rings. The molecule has 1 aromatic rings. The molecule has 0 saturated carbocycles. The second kappa shape index (κ2) is 9.39. The zero-order valence-electron chi connectivity index (χ0n) is 14.6. The van der Waals surface area contributed by atoms with Crippen LogP contribution in [0.2, 0.25) is 0 Å². The third-order valence-corrected chi connectivity index (χ3v) is 4.14. The Morgan fingerprint density at radius 2 is 1.96 bits per heavy atom. The maximum absolute atomic E-state index is 12.0. The molecule has 0 aromatic heterocycles. The zero-order chi connectivity index (χ0) is 17.4. The molecule has 1 atom stereocenters. The van der Waals surface area contributed by atoms with Gasteiger partial charge in [-0.2, -0.15) is 0 Å². The first-order valence-corrected chi connectivity index (χ1v) is 8.56. The third kappa shape index (κ3) is 6.29. The number of amides is 2. The molecule has 6 heteroatoms. The fraction of sp³-hybridized carbons (Fsp3) is 0.556. The number of hydrogen-bond donors (Lipinski definition) is 3. The Morgan fingerprint density at radius 1 is 1.21 bits per heavy atom. The molecule has 6 nitrogen and oxygen atoms in total. The summed E-state index contributed by atoms with van der Waals surface area (Å²) in [4.78, 5) is 25.9. The molecule has 1 unspecified atom stereocenters.